The Morgan fingerprint density at radius 1 is 1.12 bits per heavy atom. The average Bonchev–Trinajstić information content (AvgIpc) is 3.38. The number of fused-ring (bicyclic) bond motifs is 2. The van der Waals surface area contributed by atoms with Crippen molar-refractivity contribution in [3.8, 4) is 0 Å². The topological polar surface area (TPSA) is 58.4 Å². The molecule has 1 saturated carbocycles. The molecule has 1 aromatic heterocycles. The standard InChI is InChI=1S/C20H22N4O2/c25-19(22-8-7-15-3-1-2-4-16(15)13-22)17-11-18-20(26)23(12-14-5-6-14)9-10-24(18)21-17/h1-4,11,14H,5-10,12-13H2. The van der Waals surface area contributed by atoms with E-state index >= 15 is 0 Å². The van der Waals surface area contributed by atoms with Crippen molar-refractivity contribution >= 4 is 11.8 Å². The first-order valence-electron chi connectivity index (χ1n) is 9.42. The summed E-state index contributed by atoms with van der Waals surface area (Å²) in [4.78, 5) is 29.4. The van der Waals surface area contributed by atoms with Gasteiger partial charge in [0.1, 0.15) is 5.69 Å². The third kappa shape index (κ3) is 2.69. The summed E-state index contributed by atoms with van der Waals surface area (Å²) in [5.74, 6) is 0.601. The molecule has 0 bridgehead atoms. The third-order valence-electron chi connectivity index (χ3n) is 5.68. The van der Waals surface area contributed by atoms with Crippen LogP contribution in [0.5, 0.6) is 0 Å². The third-order valence-corrected chi connectivity index (χ3v) is 5.68. The molecule has 0 N–H and O–H groups in total. The Morgan fingerprint density at radius 3 is 2.73 bits per heavy atom. The van der Waals surface area contributed by atoms with E-state index in [9.17, 15) is 9.59 Å². The van der Waals surface area contributed by atoms with Crippen molar-refractivity contribution in [2.45, 2.75) is 32.4 Å². The summed E-state index contributed by atoms with van der Waals surface area (Å²) in [6.45, 7) is 3.51. The number of aromatic nitrogens is 2. The van der Waals surface area contributed by atoms with Gasteiger partial charge in [0.25, 0.3) is 11.8 Å². The van der Waals surface area contributed by atoms with E-state index < -0.39 is 0 Å². The summed E-state index contributed by atoms with van der Waals surface area (Å²) >= 11 is 0. The van der Waals surface area contributed by atoms with Crippen molar-refractivity contribution in [1.82, 2.24) is 19.6 Å². The molecule has 0 atom stereocenters. The fraction of sp³-hybridized carbons (Fsp3) is 0.450. The molecule has 2 aromatic rings. The second kappa shape index (κ2) is 5.97. The van der Waals surface area contributed by atoms with Gasteiger partial charge in [-0.05, 0) is 36.3 Å². The smallest absolute Gasteiger partial charge is 0.274 e. The van der Waals surface area contributed by atoms with Gasteiger partial charge in [-0.1, -0.05) is 24.3 Å². The maximum Gasteiger partial charge on any atom is 0.274 e. The molecule has 1 aromatic carbocycles. The van der Waals surface area contributed by atoms with Gasteiger partial charge >= 0.3 is 0 Å². The quantitative estimate of drug-likeness (QED) is 0.850. The van der Waals surface area contributed by atoms with Crippen LogP contribution < -0.4 is 0 Å². The van der Waals surface area contributed by atoms with Crippen LogP contribution in [0.1, 0.15) is 44.9 Å². The van der Waals surface area contributed by atoms with Crippen molar-refractivity contribution in [2.24, 2.45) is 5.92 Å². The van der Waals surface area contributed by atoms with E-state index in [1.165, 1.54) is 24.0 Å². The van der Waals surface area contributed by atoms with E-state index in [0.717, 1.165) is 13.0 Å². The predicted molar refractivity (Wildman–Crippen MR) is 95.7 cm³/mol. The first kappa shape index (κ1) is 15.6. The summed E-state index contributed by atoms with van der Waals surface area (Å²) in [6, 6.07) is 9.93. The number of rotatable bonds is 3. The highest BCUT2D eigenvalue weighted by Gasteiger charge is 2.33. The van der Waals surface area contributed by atoms with E-state index in [2.05, 4.69) is 17.2 Å². The highest BCUT2D eigenvalue weighted by atomic mass is 16.2. The maximum absolute atomic E-state index is 12.9. The van der Waals surface area contributed by atoms with Gasteiger partial charge in [-0.3, -0.25) is 14.3 Å². The summed E-state index contributed by atoms with van der Waals surface area (Å²) in [5, 5.41) is 4.44. The van der Waals surface area contributed by atoms with Gasteiger partial charge < -0.3 is 9.80 Å². The van der Waals surface area contributed by atoms with Crippen molar-refractivity contribution in [3.05, 3.63) is 52.8 Å². The second-order valence-electron chi connectivity index (χ2n) is 7.58. The molecule has 3 heterocycles. The molecule has 6 heteroatoms. The van der Waals surface area contributed by atoms with Crippen LogP contribution in [0.25, 0.3) is 0 Å². The van der Waals surface area contributed by atoms with Crippen LogP contribution in [0, 0.1) is 5.92 Å². The number of amides is 2. The summed E-state index contributed by atoms with van der Waals surface area (Å²) in [6.07, 6.45) is 3.32. The fourth-order valence-electron chi connectivity index (χ4n) is 3.96. The van der Waals surface area contributed by atoms with E-state index in [1.54, 1.807) is 10.7 Å². The lowest BCUT2D eigenvalue weighted by atomic mass is 10.00. The molecule has 0 radical (unpaired) electrons. The molecule has 5 rings (SSSR count). The Hall–Kier alpha value is -2.63. The van der Waals surface area contributed by atoms with Crippen LogP contribution in [0.4, 0.5) is 0 Å². The zero-order valence-electron chi connectivity index (χ0n) is 14.7. The summed E-state index contributed by atoms with van der Waals surface area (Å²) in [5.41, 5.74) is 3.45. The highest BCUT2D eigenvalue weighted by Crippen LogP contribution is 2.31. The van der Waals surface area contributed by atoms with Crippen molar-refractivity contribution in [2.75, 3.05) is 19.6 Å². The SMILES string of the molecule is O=C(c1cc2n(n1)CCN(CC1CC1)C2=O)N1CCc2ccccc2C1. The Balaban J connectivity index is 1.35. The minimum atomic E-state index is -0.0806. The van der Waals surface area contributed by atoms with Crippen LogP contribution in [0.15, 0.2) is 30.3 Å². The predicted octanol–water partition coefficient (Wildman–Crippen LogP) is 1.95. The molecule has 1 aliphatic carbocycles. The van der Waals surface area contributed by atoms with Crippen LogP contribution in [-0.2, 0) is 19.5 Å². The number of benzene rings is 1. The monoisotopic (exact) mass is 350 g/mol. The van der Waals surface area contributed by atoms with Crippen molar-refractivity contribution in [1.29, 1.82) is 0 Å². The molecule has 2 amide bonds. The Kier molecular flexibility index (Phi) is 3.58. The highest BCUT2D eigenvalue weighted by molar-refractivity contribution is 5.98. The Bertz CT molecular complexity index is 884. The first-order chi connectivity index (χ1) is 12.7. The Labute approximate surface area is 152 Å². The van der Waals surface area contributed by atoms with Gasteiger partial charge in [0.2, 0.25) is 0 Å². The van der Waals surface area contributed by atoms with Crippen molar-refractivity contribution < 1.29 is 9.59 Å². The van der Waals surface area contributed by atoms with E-state index in [-0.39, 0.29) is 11.8 Å². The summed E-state index contributed by atoms with van der Waals surface area (Å²) in [7, 11) is 0. The van der Waals surface area contributed by atoms with E-state index in [0.29, 0.717) is 43.5 Å². The molecule has 0 saturated heterocycles. The van der Waals surface area contributed by atoms with Crippen LogP contribution in [0.3, 0.4) is 0 Å². The van der Waals surface area contributed by atoms with Gasteiger partial charge in [0.05, 0.1) is 6.54 Å². The number of carbonyl (C=O) groups excluding carboxylic acids is 2. The number of hydrogen-bond donors (Lipinski definition) is 0. The molecule has 0 unspecified atom stereocenters. The first-order valence-corrected chi connectivity index (χ1v) is 9.42. The minimum absolute atomic E-state index is 0.0127. The molecule has 6 nitrogen and oxygen atoms in total. The van der Waals surface area contributed by atoms with Crippen LogP contribution in [0.2, 0.25) is 0 Å². The largest absolute Gasteiger partial charge is 0.335 e. The lowest BCUT2D eigenvalue weighted by Gasteiger charge is -2.28. The molecule has 2 aliphatic heterocycles. The lowest BCUT2D eigenvalue weighted by molar-refractivity contribution is 0.0684. The molecule has 0 spiro atoms. The molecular formula is C20H22N4O2. The molecule has 26 heavy (non-hydrogen) atoms. The van der Waals surface area contributed by atoms with Gasteiger partial charge in [-0.15, -0.1) is 0 Å². The lowest BCUT2D eigenvalue weighted by Crippen LogP contribution is -2.41. The normalized spacial score (nSPS) is 19.3. The van der Waals surface area contributed by atoms with E-state index in [4.69, 9.17) is 0 Å². The number of hydrogen-bond acceptors (Lipinski definition) is 3. The summed E-state index contributed by atoms with van der Waals surface area (Å²) < 4.78 is 1.71. The van der Waals surface area contributed by atoms with Gasteiger partial charge in [0.15, 0.2) is 5.69 Å². The van der Waals surface area contributed by atoms with Crippen LogP contribution >= 0.6 is 0 Å². The van der Waals surface area contributed by atoms with Crippen molar-refractivity contribution in [3.63, 3.8) is 0 Å². The minimum Gasteiger partial charge on any atom is -0.335 e. The van der Waals surface area contributed by atoms with E-state index in [1.807, 2.05) is 21.9 Å². The van der Waals surface area contributed by atoms with Gasteiger partial charge in [-0.2, -0.15) is 5.10 Å². The number of nitrogens with zero attached hydrogens (tertiary/aromatic N) is 4. The number of carbonyl (C=O) groups is 2. The molecular weight excluding hydrogens is 328 g/mol. The maximum atomic E-state index is 12.9. The zero-order valence-corrected chi connectivity index (χ0v) is 14.7. The van der Waals surface area contributed by atoms with Gasteiger partial charge in [0, 0.05) is 32.2 Å². The zero-order chi connectivity index (χ0) is 17.7. The fourth-order valence-corrected chi connectivity index (χ4v) is 3.96. The average molecular weight is 350 g/mol. The van der Waals surface area contributed by atoms with Crippen LogP contribution in [-0.4, -0.2) is 51.0 Å². The second-order valence-corrected chi connectivity index (χ2v) is 7.58. The molecule has 3 aliphatic rings. The molecule has 1 fully saturated rings. The Morgan fingerprint density at radius 2 is 1.92 bits per heavy atom. The van der Waals surface area contributed by atoms with Gasteiger partial charge in [-0.25, -0.2) is 0 Å². The molecule has 134 valence electrons.